The summed E-state index contributed by atoms with van der Waals surface area (Å²) in [5.41, 5.74) is 1.12. The number of rotatable bonds is 4. The highest BCUT2D eigenvalue weighted by molar-refractivity contribution is 6.16. The van der Waals surface area contributed by atoms with Crippen molar-refractivity contribution in [2.24, 2.45) is 0 Å². The van der Waals surface area contributed by atoms with Gasteiger partial charge in [-0.15, -0.1) is 0 Å². The number of ether oxygens (including phenoxy) is 1. The molecule has 0 radical (unpaired) electrons. The fourth-order valence-corrected chi connectivity index (χ4v) is 4.02. The van der Waals surface area contributed by atoms with Gasteiger partial charge in [-0.3, -0.25) is 34.2 Å². The van der Waals surface area contributed by atoms with Crippen LogP contribution in [-0.4, -0.2) is 59.5 Å². The van der Waals surface area contributed by atoms with Crippen molar-refractivity contribution in [3.63, 3.8) is 0 Å². The van der Waals surface area contributed by atoms with Gasteiger partial charge < -0.3 is 9.64 Å². The number of hydrogen-bond acceptors (Lipinski definition) is 6. The van der Waals surface area contributed by atoms with Gasteiger partial charge in [0, 0.05) is 25.6 Å². The van der Waals surface area contributed by atoms with E-state index >= 15 is 0 Å². The maximum atomic E-state index is 13.2. The minimum atomic E-state index is -0.785. The van der Waals surface area contributed by atoms with Crippen molar-refractivity contribution in [3.05, 3.63) is 64.7 Å². The van der Waals surface area contributed by atoms with E-state index in [1.165, 1.54) is 31.2 Å². The highest BCUT2D eigenvalue weighted by atomic mass is 16.5. The summed E-state index contributed by atoms with van der Waals surface area (Å²) in [5.74, 6) is -2.07. The van der Waals surface area contributed by atoms with Crippen LogP contribution in [0.5, 0.6) is 5.75 Å². The molecule has 9 nitrogen and oxygen atoms in total. The van der Waals surface area contributed by atoms with Crippen LogP contribution in [0.4, 0.5) is 0 Å². The predicted octanol–water partition coefficient (Wildman–Crippen LogP) is 1.37. The van der Waals surface area contributed by atoms with Gasteiger partial charge >= 0.3 is 0 Å². The van der Waals surface area contributed by atoms with E-state index in [1.807, 2.05) is 0 Å². The number of carbonyl (C=O) groups is 5. The Morgan fingerprint density at radius 3 is 2.56 bits per heavy atom. The summed E-state index contributed by atoms with van der Waals surface area (Å²) in [5, 5.41) is 2.25. The molecule has 0 aliphatic carbocycles. The number of amides is 5. The second kappa shape index (κ2) is 8.26. The Kier molecular flexibility index (Phi) is 5.48. The molecule has 9 heteroatoms. The van der Waals surface area contributed by atoms with E-state index in [9.17, 15) is 24.0 Å². The van der Waals surface area contributed by atoms with Crippen molar-refractivity contribution in [1.29, 1.82) is 0 Å². The zero-order chi connectivity index (χ0) is 23.0. The van der Waals surface area contributed by atoms with Crippen molar-refractivity contribution in [1.82, 2.24) is 15.1 Å². The zero-order valence-corrected chi connectivity index (χ0v) is 17.6. The van der Waals surface area contributed by atoms with Crippen molar-refractivity contribution in [3.8, 4) is 5.75 Å². The van der Waals surface area contributed by atoms with Crippen molar-refractivity contribution < 1.29 is 28.7 Å². The van der Waals surface area contributed by atoms with E-state index < -0.39 is 29.7 Å². The van der Waals surface area contributed by atoms with Crippen molar-refractivity contribution in [2.45, 2.75) is 25.4 Å². The molecule has 2 aliphatic heterocycles. The lowest BCUT2D eigenvalue weighted by Crippen LogP contribution is -2.52. The van der Waals surface area contributed by atoms with Crippen LogP contribution >= 0.6 is 0 Å². The average Bonchev–Trinajstić information content (AvgIpc) is 3.14. The highest BCUT2D eigenvalue weighted by Crippen LogP contribution is 2.30. The molecule has 2 aromatic carbocycles. The third-order valence-electron chi connectivity index (χ3n) is 5.71. The molecule has 2 aliphatic rings. The van der Waals surface area contributed by atoms with Crippen LogP contribution < -0.4 is 10.1 Å². The number of hydrogen-bond donors (Lipinski definition) is 1. The van der Waals surface area contributed by atoms with E-state index in [0.29, 0.717) is 11.3 Å². The quantitative estimate of drug-likeness (QED) is 0.726. The molecular formula is C23H21N3O6. The number of nitrogens with one attached hydrogen (secondary N) is 1. The molecule has 2 aromatic rings. The third kappa shape index (κ3) is 3.62. The van der Waals surface area contributed by atoms with Gasteiger partial charge in [0.25, 0.3) is 17.7 Å². The van der Waals surface area contributed by atoms with E-state index in [4.69, 9.17) is 4.74 Å². The first-order valence-corrected chi connectivity index (χ1v) is 10.0. The molecule has 4 rings (SSSR count). The molecule has 32 heavy (non-hydrogen) atoms. The van der Waals surface area contributed by atoms with Gasteiger partial charge in [-0.2, -0.15) is 0 Å². The summed E-state index contributed by atoms with van der Waals surface area (Å²) in [4.78, 5) is 65.3. The first-order chi connectivity index (χ1) is 15.3. The Balaban J connectivity index is 1.61. The van der Waals surface area contributed by atoms with Crippen LogP contribution in [0.3, 0.4) is 0 Å². The summed E-state index contributed by atoms with van der Waals surface area (Å²) in [6.07, 6.45) is 0.363. The minimum Gasteiger partial charge on any atom is -0.497 e. The lowest BCUT2D eigenvalue weighted by Gasteiger charge is -2.29. The minimum absolute atomic E-state index is 0.0843. The van der Waals surface area contributed by atoms with E-state index in [2.05, 4.69) is 5.32 Å². The van der Waals surface area contributed by atoms with Crippen LogP contribution in [0.15, 0.2) is 42.5 Å². The maximum Gasteiger partial charge on any atom is 0.261 e. The van der Waals surface area contributed by atoms with E-state index in [-0.39, 0.29) is 42.0 Å². The van der Waals surface area contributed by atoms with Gasteiger partial charge in [-0.1, -0.05) is 18.2 Å². The van der Waals surface area contributed by atoms with E-state index in [0.717, 1.165) is 4.90 Å². The lowest BCUT2D eigenvalue weighted by atomic mass is 10.0. The Labute approximate surface area is 183 Å². The number of fused-ring (bicyclic) bond motifs is 1. The summed E-state index contributed by atoms with van der Waals surface area (Å²) < 4.78 is 5.13. The Hall–Kier alpha value is -4.01. The monoisotopic (exact) mass is 435 g/mol. The van der Waals surface area contributed by atoms with Gasteiger partial charge in [0.2, 0.25) is 11.8 Å². The average molecular weight is 435 g/mol. The molecule has 2 heterocycles. The zero-order valence-electron chi connectivity index (χ0n) is 17.6. The topological polar surface area (TPSA) is 113 Å². The standard InChI is InChI=1S/C23H21N3O6/c1-25(21(29)13-5-3-7-15(11-13)32-2)22(30)16-8-4-6-14-12-26(23(31)19(14)16)17-9-10-18(27)24-20(17)28/h3-8,11,17H,9-10,12H2,1-2H3,(H,24,27,28). The SMILES string of the molecule is COc1cccc(C(=O)N(C)C(=O)c2cccc3c2C(=O)N(C2CCC(=O)NC2=O)C3)c1. The molecule has 0 aromatic heterocycles. The Bertz CT molecular complexity index is 1160. The van der Waals surface area contributed by atoms with E-state index in [1.54, 1.807) is 30.3 Å². The second-order valence-electron chi connectivity index (χ2n) is 7.64. The number of carbonyl (C=O) groups excluding carboxylic acids is 5. The molecule has 0 saturated carbocycles. The molecule has 1 unspecified atom stereocenters. The van der Waals surface area contributed by atoms with Gasteiger partial charge in [0.05, 0.1) is 18.2 Å². The fraction of sp³-hybridized carbons (Fsp3) is 0.261. The van der Waals surface area contributed by atoms with Gasteiger partial charge in [-0.05, 0) is 36.2 Å². The molecule has 1 saturated heterocycles. The molecular weight excluding hydrogens is 414 g/mol. The normalized spacial score (nSPS) is 17.6. The second-order valence-corrected chi connectivity index (χ2v) is 7.64. The first-order valence-electron chi connectivity index (χ1n) is 10.0. The number of imide groups is 2. The van der Waals surface area contributed by atoms with Crippen molar-refractivity contribution in [2.75, 3.05) is 14.2 Å². The van der Waals surface area contributed by atoms with Crippen LogP contribution in [0.2, 0.25) is 0 Å². The number of piperidine rings is 1. The molecule has 0 spiro atoms. The third-order valence-corrected chi connectivity index (χ3v) is 5.71. The highest BCUT2D eigenvalue weighted by Gasteiger charge is 2.41. The molecule has 5 amide bonds. The molecule has 1 fully saturated rings. The van der Waals surface area contributed by atoms with Crippen LogP contribution in [0.1, 0.15) is 49.5 Å². The van der Waals surface area contributed by atoms with Crippen LogP contribution in [-0.2, 0) is 16.1 Å². The van der Waals surface area contributed by atoms with Gasteiger partial charge in [0.15, 0.2) is 0 Å². The molecule has 0 bridgehead atoms. The lowest BCUT2D eigenvalue weighted by molar-refractivity contribution is -0.136. The number of methoxy groups -OCH3 is 1. The largest absolute Gasteiger partial charge is 0.497 e. The van der Waals surface area contributed by atoms with Gasteiger partial charge in [-0.25, -0.2) is 0 Å². The van der Waals surface area contributed by atoms with Crippen LogP contribution in [0, 0.1) is 0 Å². The Morgan fingerprint density at radius 2 is 1.84 bits per heavy atom. The van der Waals surface area contributed by atoms with Gasteiger partial charge in [0.1, 0.15) is 11.8 Å². The summed E-state index contributed by atoms with van der Waals surface area (Å²) in [7, 11) is 2.83. The fourth-order valence-electron chi connectivity index (χ4n) is 4.02. The first kappa shape index (κ1) is 21.2. The smallest absolute Gasteiger partial charge is 0.261 e. The molecule has 1 N–H and O–H groups in total. The number of nitrogens with zero attached hydrogens (tertiary/aromatic N) is 2. The summed E-state index contributed by atoms with van der Waals surface area (Å²) in [6, 6.07) is 10.5. The molecule has 164 valence electrons. The maximum absolute atomic E-state index is 13.2. The summed E-state index contributed by atoms with van der Waals surface area (Å²) in [6.45, 7) is 0.148. The van der Waals surface area contributed by atoms with Crippen LogP contribution in [0.25, 0.3) is 0 Å². The predicted molar refractivity (Wildman–Crippen MR) is 112 cm³/mol. The Morgan fingerprint density at radius 1 is 1.09 bits per heavy atom. The molecule has 1 atom stereocenters. The van der Waals surface area contributed by atoms with Crippen molar-refractivity contribution >= 4 is 29.5 Å². The summed E-state index contributed by atoms with van der Waals surface area (Å²) >= 11 is 0. The number of benzene rings is 2.